The summed E-state index contributed by atoms with van der Waals surface area (Å²) in [4.78, 5) is 10.5. The zero-order chi connectivity index (χ0) is 12.9. The second-order valence-electron chi connectivity index (χ2n) is 4.34. The number of sulfonamides is 1. The molecule has 0 aliphatic carbocycles. The van der Waals surface area contributed by atoms with Crippen molar-refractivity contribution in [2.75, 3.05) is 19.0 Å². The van der Waals surface area contributed by atoms with Crippen molar-refractivity contribution in [3.63, 3.8) is 0 Å². The molecule has 6 nitrogen and oxygen atoms in total. The minimum Gasteiger partial charge on any atom is -0.480 e. The smallest absolute Gasteiger partial charge is 0.321 e. The van der Waals surface area contributed by atoms with Gasteiger partial charge in [0.1, 0.15) is 6.04 Å². The molecule has 0 aromatic heterocycles. The third kappa shape index (κ3) is 5.47. The van der Waals surface area contributed by atoms with Gasteiger partial charge in [-0.1, -0.05) is 0 Å². The number of rotatable bonds is 6. The van der Waals surface area contributed by atoms with E-state index in [1.807, 2.05) is 0 Å². The van der Waals surface area contributed by atoms with Gasteiger partial charge in [0.15, 0.2) is 0 Å². The number of aliphatic carboxylic acids is 1. The predicted octanol–water partition coefficient (Wildman–Crippen LogP) is 0.196. The average Bonchev–Trinajstić information content (AvgIpc) is 2.27. The summed E-state index contributed by atoms with van der Waals surface area (Å²) in [7, 11) is -3.50. The van der Waals surface area contributed by atoms with Gasteiger partial charge in [-0.25, -0.2) is 13.1 Å². The van der Waals surface area contributed by atoms with Crippen molar-refractivity contribution in [2.45, 2.75) is 32.2 Å². The van der Waals surface area contributed by atoms with E-state index in [1.54, 1.807) is 0 Å². The lowest BCUT2D eigenvalue weighted by molar-refractivity contribution is -0.138. The average molecular weight is 265 g/mol. The topological polar surface area (TPSA) is 92.7 Å². The lowest BCUT2D eigenvalue weighted by Gasteiger charge is -2.21. The van der Waals surface area contributed by atoms with Crippen LogP contribution in [-0.4, -0.2) is 44.5 Å². The SMILES string of the molecule is C[C@H](NS(=O)(=O)CCC1CCOCC1)C(=O)O. The molecule has 17 heavy (non-hydrogen) atoms. The number of carbonyl (C=O) groups is 1. The normalized spacial score (nSPS) is 20.1. The Hall–Kier alpha value is -0.660. The van der Waals surface area contributed by atoms with Gasteiger partial charge in [-0.2, -0.15) is 0 Å². The van der Waals surface area contributed by atoms with Gasteiger partial charge in [0, 0.05) is 13.2 Å². The molecule has 100 valence electrons. The van der Waals surface area contributed by atoms with Gasteiger partial charge < -0.3 is 9.84 Å². The molecule has 0 amide bonds. The van der Waals surface area contributed by atoms with Gasteiger partial charge in [-0.05, 0) is 32.1 Å². The molecule has 1 saturated heterocycles. The Kier molecular flexibility index (Phi) is 5.35. The van der Waals surface area contributed by atoms with E-state index in [0.717, 1.165) is 12.8 Å². The Morgan fingerprint density at radius 2 is 2.06 bits per heavy atom. The van der Waals surface area contributed by atoms with Crippen LogP contribution in [0.3, 0.4) is 0 Å². The highest BCUT2D eigenvalue weighted by Gasteiger charge is 2.22. The monoisotopic (exact) mass is 265 g/mol. The third-order valence-corrected chi connectivity index (χ3v) is 4.35. The van der Waals surface area contributed by atoms with Crippen LogP contribution in [0, 0.1) is 5.92 Å². The lowest BCUT2D eigenvalue weighted by atomic mass is 9.98. The van der Waals surface area contributed by atoms with E-state index in [2.05, 4.69) is 4.72 Å². The van der Waals surface area contributed by atoms with Crippen LogP contribution < -0.4 is 4.72 Å². The van der Waals surface area contributed by atoms with Gasteiger partial charge in [-0.15, -0.1) is 0 Å². The molecule has 0 unspecified atom stereocenters. The number of hydrogen-bond acceptors (Lipinski definition) is 4. The maximum atomic E-state index is 11.6. The van der Waals surface area contributed by atoms with Crippen molar-refractivity contribution >= 4 is 16.0 Å². The summed E-state index contributed by atoms with van der Waals surface area (Å²) in [5.74, 6) is -0.824. The van der Waals surface area contributed by atoms with Crippen molar-refractivity contribution in [2.24, 2.45) is 5.92 Å². The van der Waals surface area contributed by atoms with Crippen LogP contribution in [0.1, 0.15) is 26.2 Å². The van der Waals surface area contributed by atoms with E-state index < -0.39 is 22.0 Å². The number of carboxylic acid groups (broad SMARTS) is 1. The van der Waals surface area contributed by atoms with Crippen LogP contribution in [-0.2, 0) is 19.6 Å². The molecule has 1 fully saturated rings. The maximum absolute atomic E-state index is 11.6. The van der Waals surface area contributed by atoms with Gasteiger partial charge in [0.25, 0.3) is 0 Å². The Balaban J connectivity index is 2.35. The van der Waals surface area contributed by atoms with E-state index in [4.69, 9.17) is 9.84 Å². The van der Waals surface area contributed by atoms with Crippen molar-refractivity contribution in [3.05, 3.63) is 0 Å². The fourth-order valence-electron chi connectivity index (χ4n) is 1.74. The molecule has 1 aliphatic heterocycles. The minimum absolute atomic E-state index is 0.0186. The molecule has 1 heterocycles. The number of carboxylic acids is 1. The van der Waals surface area contributed by atoms with Crippen molar-refractivity contribution in [1.82, 2.24) is 4.72 Å². The largest absolute Gasteiger partial charge is 0.480 e. The highest BCUT2D eigenvalue weighted by molar-refractivity contribution is 7.89. The van der Waals surface area contributed by atoms with Crippen LogP contribution in [0.5, 0.6) is 0 Å². The zero-order valence-electron chi connectivity index (χ0n) is 9.89. The van der Waals surface area contributed by atoms with Gasteiger partial charge in [0.05, 0.1) is 5.75 Å². The van der Waals surface area contributed by atoms with E-state index in [1.165, 1.54) is 6.92 Å². The highest BCUT2D eigenvalue weighted by atomic mass is 32.2. The molecule has 1 atom stereocenters. The fraction of sp³-hybridized carbons (Fsp3) is 0.900. The third-order valence-electron chi connectivity index (χ3n) is 2.86. The zero-order valence-corrected chi connectivity index (χ0v) is 10.7. The van der Waals surface area contributed by atoms with E-state index in [9.17, 15) is 13.2 Å². The summed E-state index contributed by atoms with van der Waals surface area (Å²) in [5, 5.41) is 8.62. The molecule has 0 radical (unpaired) electrons. The summed E-state index contributed by atoms with van der Waals surface area (Å²) in [6, 6.07) is -1.07. The quantitative estimate of drug-likeness (QED) is 0.715. The minimum atomic E-state index is -3.50. The first-order chi connectivity index (χ1) is 7.91. The Labute approximate surface area is 101 Å². The van der Waals surface area contributed by atoms with Gasteiger partial charge in [0.2, 0.25) is 10.0 Å². The molecule has 0 saturated carbocycles. The molecule has 1 aliphatic rings. The summed E-state index contributed by atoms with van der Waals surface area (Å²) in [6.45, 7) is 2.68. The van der Waals surface area contributed by atoms with Crippen LogP contribution in [0.4, 0.5) is 0 Å². The highest BCUT2D eigenvalue weighted by Crippen LogP contribution is 2.18. The standard InChI is InChI=1S/C10H19NO5S/c1-8(10(12)13)11-17(14,15)7-4-9-2-5-16-6-3-9/h8-9,11H,2-7H2,1H3,(H,12,13)/t8-/m0/s1. The van der Waals surface area contributed by atoms with Crippen LogP contribution >= 0.6 is 0 Å². The number of nitrogens with one attached hydrogen (secondary N) is 1. The predicted molar refractivity (Wildman–Crippen MR) is 62.2 cm³/mol. The molecule has 0 spiro atoms. The van der Waals surface area contributed by atoms with Crippen LogP contribution in [0.2, 0.25) is 0 Å². The van der Waals surface area contributed by atoms with Crippen molar-refractivity contribution < 1.29 is 23.1 Å². The fourth-order valence-corrected chi connectivity index (χ4v) is 3.14. The number of ether oxygens (including phenoxy) is 1. The van der Waals surface area contributed by atoms with E-state index >= 15 is 0 Å². The van der Waals surface area contributed by atoms with E-state index in [0.29, 0.717) is 25.6 Å². The molecule has 0 bridgehead atoms. The summed E-state index contributed by atoms with van der Waals surface area (Å²) >= 11 is 0. The summed E-state index contributed by atoms with van der Waals surface area (Å²) < 4.78 is 30.5. The molecule has 0 aromatic carbocycles. The van der Waals surface area contributed by atoms with Crippen LogP contribution in [0.25, 0.3) is 0 Å². The van der Waals surface area contributed by atoms with Crippen molar-refractivity contribution in [1.29, 1.82) is 0 Å². The Morgan fingerprint density at radius 1 is 1.47 bits per heavy atom. The first-order valence-corrected chi connectivity index (χ1v) is 7.36. The van der Waals surface area contributed by atoms with E-state index in [-0.39, 0.29) is 5.75 Å². The molecule has 1 rings (SSSR count). The second-order valence-corrected chi connectivity index (χ2v) is 6.21. The molecule has 2 N–H and O–H groups in total. The Morgan fingerprint density at radius 3 is 2.59 bits per heavy atom. The lowest BCUT2D eigenvalue weighted by Crippen LogP contribution is -2.40. The molecule has 0 aromatic rings. The maximum Gasteiger partial charge on any atom is 0.321 e. The van der Waals surface area contributed by atoms with Gasteiger partial charge >= 0.3 is 5.97 Å². The van der Waals surface area contributed by atoms with Crippen molar-refractivity contribution in [3.8, 4) is 0 Å². The van der Waals surface area contributed by atoms with Crippen LogP contribution in [0.15, 0.2) is 0 Å². The molecular weight excluding hydrogens is 246 g/mol. The molecule has 7 heteroatoms. The Bertz CT molecular complexity index is 348. The number of hydrogen-bond donors (Lipinski definition) is 2. The molecular formula is C10H19NO5S. The first kappa shape index (κ1) is 14.4. The second kappa shape index (κ2) is 6.32. The van der Waals surface area contributed by atoms with Gasteiger partial charge in [-0.3, -0.25) is 4.79 Å². The first-order valence-electron chi connectivity index (χ1n) is 5.71. The summed E-state index contributed by atoms with van der Waals surface area (Å²) in [6.07, 6.45) is 2.32. The summed E-state index contributed by atoms with van der Waals surface area (Å²) in [5.41, 5.74) is 0.